The van der Waals surface area contributed by atoms with Gasteiger partial charge in [0.1, 0.15) is 5.82 Å². The first kappa shape index (κ1) is 12.6. The van der Waals surface area contributed by atoms with Gasteiger partial charge in [-0.25, -0.2) is 10.1 Å². The minimum atomic E-state index is 0.0515. The second-order valence-corrected chi connectivity index (χ2v) is 3.81. The zero-order valence-corrected chi connectivity index (χ0v) is 10.2. The molecule has 0 bridgehead atoms. The third-order valence-electron chi connectivity index (χ3n) is 2.20. The Morgan fingerprint density at radius 1 is 1.35 bits per heavy atom. The molecule has 1 aromatic carbocycles. The Balaban J connectivity index is 3.06. The van der Waals surface area contributed by atoms with E-state index in [0.717, 1.165) is 11.3 Å². The van der Waals surface area contributed by atoms with Crippen molar-refractivity contribution >= 4 is 5.69 Å². The van der Waals surface area contributed by atoms with Crippen LogP contribution in [-0.2, 0) is 0 Å². The highest BCUT2D eigenvalue weighted by atomic mass is 15.2. The lowest BCUT2D eigenvalue weighted by Gasteiger charge is -2.19. The maximum atomic E-state index is 8.88. The lowest BCUT2D eigenvalue weighted by molar-refractivity contribution is 0.515. The van der Waals surface area contributed by atoms with Crippen LogP contribution in [0.25, 0.3) is 4.85 Å². The first-order chi connectivity index (χ1) is 8.08. The lowest BCUT2D eigenvalue weighted by Crippen LogP contribution is -2.19. The number of anilines is 1. The summed E-state index contributed by atoms with van der Waals surface area (Å²) in [6, 6.07) is 9.66. The first-order valence-corrected chi connectivity index (χ1v) is 5.11. The highest BCUT2D eigenvalue weighted by Crippen LogP contribution is 2.15. The van der Waals surface area contributed by atoms with Crippen LogP contribution in [-0.4, -0.2) is 19.0 Å². The van der Waals surface area contributed by atoms with Gasteiger partial charge in [-0.05, 0) is 19.1 Å². The molecule has 0 saturated heterocycles. The molecule has 0 amide bonds. The topological polar surface area (TPSA) is 43.4 Å². The highest BCUT2D eigenvalue weighted by molar-refractivity contribution is 5.51. The molecule has 0 heterocycles. The highest BCUT2D eigenvalue weighted by Gasteiger charge is 2.08. The van der Waals surface area contributed by atoms with E-state index < -0.39 is 0 Å². The maximum absolute atomic E-state index is 8.88. The molecule has 0 spiro atoms. The van der Waals surface area contributed by atoms with Crippen LogP contribution in [0.15, 0.2) is 35.8 Å². The van der Waals surface area contributed by atoms with Crippen molar-refractivity contribution in [1.29, 1.82) is 5.26 Å². The summed E-state index contributed by atoms with van der Waals surface area (Å²) in [5.74, 6) is 0.506. The summed E-state index contributed by atoms with van der Waals surface area (Å²) in [4.78, 5) is 4.92. The second-order valence-electron chi connectivity index (χ2n) is 3.81. The van der Waals surface area contributed by atoms with Crippen molar-refractivity contribution in [3.05, 3.63) is 52.8 Å². The molecule has 0 saturated carbocycles. The van der Waals surface area contributed by atoms with Crippen LogP contribution in [0.3, 0.4) is 0 Å². The van der Waals surface area contributed by atoms with Gasteiger partial charge in [-0.3, -0.25) is 0 Å². The van der Waals surface area contributed by atoms with Crippen LogP contribution in [0.1, 0.15) is 5.56 Å². The third kappa shape index (κ3) is 3.25. The molecule has 0 aliphatic heterocycles. The Hall–Kier alpha value is -2.46. The molecule has 1 N–H and O–H groups in total. The Labute approximate surface area is 102 Å². The predicted molar refractivity (Wildman–Crippen MR) is 67.7 cm³/mol. The Bertz CT molecular complexity index is 482. The maximum Gasteiger partial charge on any atom is 0.300 e. The van der Waals surface area contributed by atoms with E-state index in [9.17, 15) is 0 Å². The molecule has 86 valence electrons. The Kier molecular flexibility index (Phi) is 4.14. The van der Waals surface area contributed by atoms with Crippen molar-refractivity contribution in [2.45, 2.75) is 6.92 Å². The summed E-state index contributed by atoms with van der Waals surface area (Å²) < 4.78 is 0. The quantitative estimate of drug-likeness (QED) is 0.636. The van der Waals surface area contributed by atoms with Gasteiger partial charge in [-0.1, -0.05) is 17.7 Å². The molecule has 1 rings (SSSR count). The first-order valence-electron chi connectivity index (χ1n) is 5.11. The summed E-state index contributed by atoms with van der Waals surface area (Å²) in [5, 5.41) is 12.0. The molecule has 0 atom stereocenters. The summed E-state index contributed by atoms with van der Waals surface area (Å²) >= 11 is 0. The van der Waals surface area contributed by atoms with Crippen LogP contribution in [0, 0.1) is 24.8 Å². The molecular weight excluding hydrogens is 212 g/mol. The van der Waals surface area contributed by atoms with Crippen molar-refractivity contribution in [1.82, 2.24) is 4.90 Å². The summed E-state index contributed by atoms with van der Waals surface area (Å²) in [6.45, 7) is 8.97. The number of aryl methyl sites for hydroxylation is 1. The van der Waals surface area contributed by atoms with Gasteiger partial charge in [0.05, 0.1) is 12.6 Å². The van der Waals surface area contributed by atoms with E-state index in [0.29, 0.717) is 5.82 Å². The van der Waals surface area contributed by atoms with E-state index in [1.54, 1.807) is 19.0 Å². The van der Waals surface area contributed by atoms with Gasteiger partial charge >= 0.3 is 5.70 Å². The average molecular weight is 226 g/mol. The molecular formula is C13H14N4. The van der Waals surface area contributed by atoms with Crippen molar-refractivity contribution in [2.24, 2.45) is 0 Å². The van der Waals surface area contributed by atoms with E-state index in [-0.39, 0.29) is 5.70 Å². The van der Waals surface area contributed by atoms with Gasteiger partial charge in [-0.15, -0.1) is 0 Å². The van der Waals surface area contributed by atoms with Crippen molar-refractivity contribution in [3.63, 3.8) is 0 Å². The third-order valence-corrected chi connectivity index (χ3v) is 2.20. The molecule has 0 radical (unpaired) electrons. The van der Waals surface area contributed by atoms with Gasteiger partial charge in [0.25, 0.3) is 0 Å². The number of hydrogen-bond acceptors (Lipinski definition) is 3. The summed E-state index contributed by atoms with van der Waals surface area (Å²) in [5.41, 5.74) is 2.07. The fraction of sp³-hybridized carbons (Fsp3) is 0.231. The molecule has 0 aliphatic rings. The van der Waals surface area contributed by atoms with E-state index in [1.165, 1.54) is 0 Å². The van der Waals surface area contributed by atoms with Crippen LogP contribution < -0.4 is 5.32 Å². The predicted octanol–water partition coefficient (Wildman–Crippen LogP) is 2.58. The number of rotatable bonds is 3. The largest absolute Gasteiger partial charge is 0.372 e. The standard InChI is InChI=1S/C13H14N4/c1-10-5-7-11(8-6-10)16-13(17(3)4)12(9-14)15-2/h5-8,16H,1,3-4H3/b13-12+. The van der Waals surface area contributed by atoms with E-state index in [4.69, 9.17) is 11.8 Å². The van der Waals surface area contributed by atoms with E-state index >= 15 is 0 Å². The molecule has 0 unspecified atom stereocenters. The van der Waals surface area contributed by atoms with E-state index in [1.807, 2.05) is 37.3 Å². The normalized spacial score (nSPS) is 10.9. The average Bonchev–Trinajstić information content (AvgIpc) is 2.31. The summed E-state index contributed by atoms with van der Waals surface area (Å²) in [7, 11) is 3.58. The molecule has 0 aromatic heterocycles. The van der Waals surface area contributed by atoms with Crippen LogP contribution in [0.5, 0.6) is 0 Å². The zero-order chi connectivity index (χ0) is 12.8. The molecule has 0 aliphatic carbocycles. The number of hydrogen-bond donors (Lipinski definition) is 1. The fourth-order valence-electron chi connectivity index (χ4n) is 1.29. The minimum Gasteiger partial charge on any atom is -0.372 e. The number of nitriles is 1. The number of nitrogens with zero attached hydrogens (tertiary/aromatic N) is 3. The van der Waals surface area contributed by atoms with Crippen molar-refractivity contribution < 1.29 is 0 Å². The van der Waals surface area contributed by atoms with Gasteiger partial charge < -0.3 is 10.2 Å². The fourth-order valence-corrected chi connectivity index (χ4v) is 1.29. The molecule has 0 fully saturated rings. The van der Waals surface area contributed by atoms with E-state index in [2.05, 4.69) is 10.2 Å². The number of allylic oxidation sites excluding steroid dienone is 1. The van der Waals surface area contributed by atoms with Crippen LogP contribution in [0.4, 0.5) is 5.69 Å². The lowest BCUT2D eigenvalue weighted by atomic mass is 10.2. The van der Waals surface area contributed by atoms with Gasteiger partial charge in [0.2, 0.25) is 0 Å². The smallest absolute Gasteiger partial charge is 0.300 e. The minimum absolute atomic E-state index is 0.0515. The Morgan fingerprint density at radius 2 is 1.94 bits per heavy atom. The second kappa shape index (κ2) is 5.58. The zero-order valence-electron chi connectivity index (χ0n) is 10.2. The van der Waals surface area contributed by atoms with Gasteiger partial charge in [0, 0.05) is 19.8 Å². The van der Waals surface area contributed by atoms with Gasteiger partial charge in [0.15, 0.2) is 0 Å². The van der Waals surface area contributed by atoms with Crippen LogP contribution >= 0.6 is 0 Å². The molecule has 17 heavy (non-hydrogen) atoms. The molecule has 1 aromatic rings. The summed E-state index contributed by atoms with van der Waals surface area (Å²) in [6.07, 6.45) is 0. The Morgan fingerprint density at radius 3 is 2.35 bits per heavy atom. The number of nitrogens with one attached hydrogen (secondary N) is 1. The molecule has 4 nitrogen and oxygen atoms in total. The molecule has 4 heteroatoms. The number of benzene rings is 1. The monoisotopic (exact) mass is 226 g/mol. The SMILES string of the molecule is [C-]#[N+]/C(C#N)=C(\Nc1ccc(C)cc1)N(C)C. The van der Waals surface area contributed by atoms with Crippen LogP contribution in [0.2, 0.25) is 0 Å². The van der Waals surface area contributed by atoms with Crippen molar-refractivity contribution in [3.8, 4) is 6.07 Å². The van der Waals surface area contributed by atoms with Crippen molar-refractivity contribution in [2.75, 3.05) is 19.4 Å². The van der Waals surface area contributed by atoms with Gasteiger partial charge in [-0.2, -0.15) is 0 Å².